The highest BCUT2D eigenvalue weighted by molar-refractivity contribution is 7.25. The van der Waals surface area contributed by atoms with Gasteiger partial charge in [0.25, 0.3) is 0 Å². The van der Waals surface area contributed by atoms with Crippen LogP contribution >= 0.6 is 11.3 Å². The third-order valence-electron chi connectivity index (χ3n) is 10.0. The first-order valence-corrected chi connectivity index (χ1v) is 16.7. The first kappa shape index (κ1) is 25.9. The minimum Gasteiger partial charge on any atom is -0.456 e. The van der Waals surface area contributed by atoms with Crippen molar-refractivity contribution in [1.29, 1.82) is 0 Å². The molecule has 0 N–H and O–H groups in total. The molecule has 2 nitrogen and oxygen atoms in total. The molecule has 0 radical (unpaired) electrons. The van der Waals surface area contributed by atoms with E-state index in [-0.39, 0.29) is 5.41 Å². The second-order valence-corrected chi connectivity index (χ2v) is 14.1. The smallest absolute Gasteiger partial charge is 0.136 e. The third-order valence-corrected chi connectivity index (χ3v) is 11.2. The van der Waals surface area contributed by atoms with E-state index in [0.717, 1.165) is 39.0 Å². The number of furan rings is 1. The zero-order valence-corrected chi connectivity index (χ0v) is 26.4. The number of hydrogen-bond acceptors (Lipinski definition) is 3. The minimum absolute atomic E-state index is 0.0830. The lowest BCUT2D eigenvalue weighted by Crippen LogP contribution is -2.16. The van der Waals surface area contributed by atoms with E-state index in [9.17, 15) is 0 Å². The molecule has 10 rings (SSSR count). The normalized spacial score (nSPS) is 13.6. The molecule has 0 saturated heterocycles. The summed E-state index contributed by atoms with van der Waals surface area (Å²) < 4.78 is 8.84. The SMILES string of the molecule is CC1(C)c2ccccc2-c2ccc(N(c3ccc4cc5oc6ccccc6c5cc4c3)c3ccc4c(c3)sc3ccccc34)cc21. The van der Waals surface area contributed by atoms with Crippen molar-refractivity contribution >= 4 is 81.3 Å². The topological polar surface area (TPSA) is 16.4 Å². The molecule has 3 heteroatoms. The second kappa shape index (κ2) is 9.32. The molecule has 7 aromatic carbocycles. The number of fused-ring (bicyclic) bond motifs is 10. The van der Waals surface area contributed by atoms with Crippen molar-refractivity contribution in [3.05, 3.63) is 151 Å². The predicted molar refractivity (Wildman–Crippen MR) is 196 cm³/mol. The molecular formula is C43H29NOS. The van der Waals surface area contributed by atoms with Crippen molar-refractivity contribution in [3.8, 4) is 11.1 Å². The molecule has 2 aromatic heterocycles. The summed E-state index contributed by atoms with van der Waals surface area (Å²) in [5, 5.41) is 7.29. The Hall–Kier alpha value is -5.38. The first-order valence-electron chi connectivity index (χ1n) is 15.8. The van der Waals surface area contributed by atoms with Crippen molar-refractivity contribution in [1.82, 2.24) is 0 Å². The summed E-state index contributed by atoms with van der Waals surface area (Å²) in [6, 6.07) is 51.1. The first-order chi connectivity index (χ1) is 22.5. The molecule has 2 heterocycles. The maximum absolute atomic E-state index is 6.22. The van der Waals surface area contributed by atoms with E-state index in [4.69, 9.17) is 4.42 Å². The molecule has 0 amide bonds. The molecule has 1 aliphatic carbocycles. The largest absolute Gasteiger partial charge is 0.456 e. The molecule has 0 saturated carbocycles. The fourth-order valence-corrected chi connectivity index (χ4v) is 8.87. The number of rotatable bonds is 3. The quantitative estimate of drug-likeness (QED) is 0.199. The minimum atomic E-state index is -0.0830. The van der Waals surface area contributed by atoms with Gasteiger partial charge in [-0.25, -0.2) is 0 Å². The maximum atomic E-state index is 6.22. The standard InChI is InChI=1S/C43H29NOS/c1-43(2)37-12-6-3-9-31(37)32-19-17-29(24-38(32)43)44(30-18-20-35-34-11-5-8-14-41(34)46-42(35)25-30)28-16-15-26-23-40-36(22-27(26)21-28)33-10-4-7-13-39(33)45-40/h3-25H,1-2H3. The molecule has 0 fully saturated rings. The second-order valence-electron chi connectivity index (χ2n) is 13.0. The van der Waals surface area contributed by atoms with Crippen molar-refractivity contribution in [2.45, 2.75) is 19.3 Å². The summed E-state index contributed by atoms with van der Waals surface area (Å²) in [5.74, 6) is 0. The summed E-state index contributed by atoms with van der Waals surface area (Å²) in [5.41, 5.74) is 10.6. The third kappa shape index (κ3) is 3.64. The van der Waals surface area contributed by atoms with E-state index in [2.05, 4.69) is 146 Å². The lowest BCUT2D eigenvalue weighted by atomic mass is 9.82. The zero-order chi connectivity index (χ0) is 30.6. The molecule has 0 unspecified atom stereocenters. The van der Waals surface area contributed by atoms with Crippen LogP contribution in [0.25, 0.3) is 64.0 Å². The Morgan fingerprint density at radius 1 is 0.478 bits per heavy atom. The van der Waals surface area contributed by atoms with Gasteiger partial charge in [-0.05, 0) is 93.7 Å². The van der Waals surface area contributed by atoms with Gasteiger partial charge in [-0.1, -0.05) is 92.7 Å². The Kier molecular flexibility index (Phi) is 5.25. The van der Waals surface area contributed by atoms with Gasteiger partial charge in [0.05, 0.1) is 0 Å². The van der Waals surface area contributed by atoms with Crippen LogP contribution in [0.15, 0.2) is 144 Å². The van der Waals surface area contributed by atoms with E-state index in [1.807, 2.05) is 23.5 Å². The highest BCUT2D eigenvalue weighted by Gasteiger charge is 2.35. The van der Waals surface area contributed by atoms with Crippen LogP contribution < -0.4 is 4.90 Å². The van der Waals surface area contributed by atoms with Crippen molar-refractivity contribution < 1.29 is 4.42 Å². The van der Waals surface area contributed by atoms with E-state index >= 15 is 0 Å². The molecule has 0 spiro atoms. The van der Waals surface area contributed by atoms with Gasteiger partial charge >= 0.3 is 0 Å². The highest BCUT2D eigenvalue weighted by atomic mass is 32.1. The van der Waals surface area contributed by atoms with Crippen molar-refractivity contribution in [3.63, 3.8) is 0 Å². The van der Waals surface area contributed by atoms with Crippen LogP contribution in [0.2, 0.25) is 0 Å². The fourth-order valence-electron chi connectivity index (χ4n) is 7.73. The highest BCUT2D eigenvalue weighted by Crippen LogP contribution is 2.51. The number of benzene rings is 7. The van der Waals surface area contributed by atoms with Gasteiger partial charge in [0.1, 0.15) is 11.2 Å². The van der Waals surface area contributed by atoms with Gasteiger partial charge in [0.15, 0.2) is 0 Å². The van der Waals surface area contributed by atoms with Gasteiger partial charge in [-0.2, -0.15) is 0 Å². The van der Waals surface area contributed by atoms with Crippen LogP contribution in [0.3, 0.4) is 0 Å². The van der Waals surface area contributed by atoms with Gasteiger partial charge < -0.3 is 9.32 Å². The van der Waals surface area contributed by atoms with Crippen molar-refractivity contribution in [2.75, 3.05) is 4.90 Å². The van der Waals surface area contributed by atoms with E-state index < -0.39 is 0 Å². The van der Waals surface area contributed by atoms with Crippen LogP contribution in [0, 0.1) is 0 Å². The summed E-state index contributed by atoms with van der Waals surface area (Å²) >= 11 is 1.86. The Labute approximate surface area is 270 Å². The Morgan fingerprint density at radius 2 is 1.17 bits per heavy atom. The Morgan fingerprint density at radius 3 is 2.11 bits per heavy atom. The van der Waals surface area contributed by atoms with Gasteiger partial charge in [0.2, 0.25) is 0 Å². The number of nitrogens with zero attached hydrogens (tertiary/aromatic N) is 1. The molecule has 0 aliphatic heterocycles. The maximum Gasteiger partial charge on any atom is 0.136 e. The molecule has 9 aromatic rings. The summed E-state index contributed by atoms with van der Waals surface area (Å²) in [6.45, 7) is 4.71. The van der Waals surface area contributed by atoms with Gasteiger partial charge in [-0.3, -0.25) is 0 Å². The predicted octanol–water partition coefficient (Wildman–Crippen LogP) is 12.9. The lowest BCUT2D eigenvalue weighted by Gasteiger charge is -2.28. The summed E-state index contributed by atoms with van der Waals surface area (Å²) in [6.07, 6.45) is 0. The van der Waals surface area contributed by atoms with Gasteiger partial charge in [0, 0.05) is 53.4 Å². The Balaban J connectivity index is 1.20. The molecule has 46 heavy (non-hydrogen) atoms. The van der Waals surface area contributed by atoms with E-state index in [0.29, 0.717) is 0 Å². The summed E-state index contributed by atoms with van der Waals surface area (Å²) in [4.78, 5) is 2.43. The molecular weight excluding hydrogens is 579 g/mol. The van der Waals surface area contributed by atoms with Crippen LogP contribution in [0.5, 0.6) is 0 Å². The monoisotopic (exact) mass is 607 g/mol. The Bertz CT molecular complexity index is 2690. The van der Waals surface area contributed by atoms with Crippen LogP contribution in [0.4, 0.5) is 17.1 Å². The molecule has 218 valence electrons. The van der Waals surface area contributed by atoms with Crippen LogP contribution in [-0.2, 0) is 5.41 Å². The molecule has 1 aliphatic rings. The van der Waals surface area contributed by atoms with Gasteiger partial charge in [-0.15, -0.1) is 11.3 Å². The lowest BCUT2D eigenvalue weighted by molar-refractivity contribution is 0.660. The average molecular weight is 608 g/mol. The average Bonchev–Trinajstić information content (AvgIpc) is 3.71. The van der Waals surface area contributed by atoms with Crippen LogP contribution in [-0.4, -0.2) is 0 Å². The fraction of sp³-hybridized carbons (Fsp3) is 0.0698. The molecule has 0 atom stereocenters. The molecule has 0 bridgehead atoms. The number of anilines is 3. The van der Waals surface area contributed by atoms with Crippen LogP contribution in [0.1, 0.15) is 25.0 Å². The van der Waals surface area contributed by atoms with E-state index in [1.54, 1.807) is 0 Å². The zero-order valence-electron chi connectivity index (χ0n) is 25.5. The van der Waals surface area contributed by atoms with E-state index in [1.165, 1.54) is 53.2 Å². The number of thiophene rings is 1. The summed E-state index contributed by atoms with van der Waals surface area (Å²) in [7, 11) is 0. The number of hydrogen-bond donors (Lipinski definition) is 0. The number of para-hydroxylation sites is 1. The van der Waals surface area contributed by atoms with Crippen molar-refractivity contribution in [2.24, 2.45) is 0 Å².